The summed E-state index contributed by atoms with van der Waals surface area (Å²) in [5.74, 6) is -1.36. The number of nitrogens with zero attached hydrogens (tertiary/aromatic N) is 2. The molecular weight excluding hydrogens is 709 g/mol. The fourth-order valence-electron chi connectivity index (χ4n) is 9.99. The number of unbranched alkanes of at least 4 members (excludes halogenated alkanes) is 20. The molecule has 4 heteroatoms. The zero-order chi connectivity index (χ0) is 40.1. The highest BCUT2D eigenvalue weighted by molar-refractivity contribution is 6.31. The molecule has 0 aliphatic heterocycles. The predicted octanol–water partition coefficient (Wildman–Crippen LogP) is 13.6. The van der Waals surface area contributed by atoms with Crippen LogP contribution >= 0.6 is 0 Å². The number of benzene rings is 4. The van der Waals surface area contributed by atoms with Gasteiger partial charge in [-0.25, -0.2) is 0 Å². The fraction of sp³-hybridized carbons (Fsp3) is 0.519. The van der Waals surface area contributed by atoms with E-state index in [1.807, 2.05) is 12.2 Å². The lowest BCUT2D eigenvalue weighted by molar-refractivity contribution is -0.144. The second kappa shape index (κ2) is 21.2. The van der Waals surface area contributed by atoms with E-state index in [4.69, 9.17) is 0 Å². The van der Waals surface area contributed by atoms with Gasteiger partial charge in [0.2, 0.25) is 0 Å². The summed E-state index contributed by atoms with van der Waals surface area (Å²) in [6.07, 6.45) is 32.9. The minimum atomic E-state index is -0.707. The Morgan fingerprint density at radius 3 is 1.07 bits per heavy atom. The van der Waals surface area contributed by atoms with E-state index in [1.165, 1.54) is 161 Å². The van der Waals surface area contributed by atoms with Crippen molar-refractivity contribution < 1.29 is 9.59 Å². The molecule has 0 atom stereocenters. The molecule has 1 saturated carbocycles. The number of aryl methyl sites for hydroxylation is 2. The Bertz CT molecular complexity index is 2170. The zero-order valence-corrected chi connectivity index (χ0v) is 35.9. The van der Waals surface area contributed by atoms with Gasteiger partial charge >= 0.3 is 0 Å². The van der Waals surface area contributed by atoms with E-state index in [2.05, 4.69) is 95.8 Å². The van der Waals surface area contributed by atoms with Crippen molar-refractivity contribution in [2.75, 3.05) is 0 Å². The van der Waals surface area contributed by atoms with E-state index < -0.39 is 11.8 Å². The van der Waals surface area contributed by atoms with Gasteiger partial charge in [-0.15, -0.1) is 0 Å². The van der Waals surface area contributed by atoms with Gasteiger partial charge in [-0.1, -0.05) is 203 Å². The Labute approximate surface area is 348 Å². The van der Waals surface area contributed by atoms with Gasteiger partial charge in [-0.05, 0) is 47.9 Å². The largest absolute Gasteiger partial charge is 0.341 e. The molecule has 308 valence electrons. The van der Waals surface area contributed by atoms with Gasteiger partial charge in [0.15, 0.2) is 11.6 Å². The SMILES string of the molecule is CCCCCCCCCCCCCn1c(=CC2C(=O)C(C=c3c4cccc5cccc(c54)n3CCCCCCCCCCCCC)C2=O)c2cccc3cccc1c32. The van der Waals surface area contributed by atoms with Gasteiger partial charge in [0.1, 0.15) is 0 Å². The molecular formula is C54H70N2O2. The molecule has 2 aromatic heterocycles. The van der Waals surface area contributed by atoms with E-state index in [-0.39, 0.29) is 11.6 Å². The Balaban J connectivity index is 1.06. The second-order valence-corrected chi connectivity index (χ2v) is 17.6. The number of carbonyl (C=O) groups excluding carboxylic acids is 2. The molecule has 0 saturated heterocycles. The van der Waals surface area contributed by atoms with E-state index >= 15 is 0 Å². The molecule has 2 heterocycles. The van der Waals surface area contributed by atoms with E-state index in [9.17, 15) is 9.59 Å². The quantitative estimate of drug-likeness (QED) is 0.0407. The van der Waals surface area contributed by atoms with Crippen LogP contribution in [0.2, 0.25) is 0 Å². The third kappa shape index (κ3) is 9.64. The first-order chi connectivity index (χ1) is 28.6. The molecule has 0 unspecified atom stereocenters. The molecule has 0 spiro atoms. The van der Waals surface area contributed by atoms with Crippen LogP contribution in [0.1, 0.15) is 155 Å². The van der Waals surface area contributed by atoms with Crippen LogP contribution in [0.15, 0.2) is 72.8 Å². The van der Waals surface area contributed by atoms with Crippen LogP contribution in [0.3, 0.4) is 0 Å². The minimum Gasteiger partial charge on any atom is -0.341 e. The van der Waals surface area contributed by atoms with Gasteiger partial charge in [-0.3, -0.25) is 9.59 Å². The predicted molar refractivity (Wildman–Crippen MR) is 248 cm³/mol. The van der Waals surface area contributed by atoms with Crippen molar-refractivity contribution >= 4 is 67.1 Å². The van der Waals surface area contributed by atoms with Crippen molar-refractivity contribution in [1.29, 1.82) is 0 Å². The molecule has 1 fully saturated rings. The summed E-state index contributed by atoms with van der Waals surface area (Å²) in [6.45, 7) is 6.36. The standard InChI is InChI=1S/C54H70N2O2/c1-3-5-7-9-11-13-15-17-19-21-23-37-55-47-35-27-31-41-29-25-33-43(51(41)47)49(55)39-45-53(57)46(54(45)58)40-50-44-34-26-30-42-32-28-36-48(52(42)44)56(50)38-24-22-20-18-16-14-12-10-8-6-4-2/h25-36,39-40,45-46H,3-24,37-38H2,1-2H3. The molecule has 0 N–H and O–H groups in total. The van der Waals surface area contributed by atoms with Crippen molar-refractivity contribution in [3.63, 3.8) is 0 Å². The molecule has 0 bridgehead atoms. The van der Waals surface area contributed by atoms with Gasteiger partial charge in [0.05, 0.1) is 11.8 Å². The third-order valence-electron chi connectivity index (χ3n) is 13.3. The van der Waals surface area contributed by atoms with E-state index in [1.54, 1.807) is 0 Å². The van der Waals surface area contributed by atoms with Crippen molar-refractivity contribution in [3.8, 4) is 0 Å². The number of carbonyl (C=O) groups is 2. The topological polar surface area (TPSA) is 44.0 Å². The summed E-state index contributed by atoms with van der Waals surface area (Å²) < 4.78 is 4.81. The molecule has 58 heavy (non-hydrogen) atoms. The van der Waals surface area contributed by atoms with Crippen LogP contribution in [0, 0.1) is 11.8 Å². The normalized spacial score (nSPS) is 16.7. The lowest BCUT2D eigenvalue weighted by atomic mass is 9.71. The van der Waals surface area contributed by atoms with Crippen LogP contribution in [0.25, 0.3) is 55.5 Å². The highest BCUT2D eigenvalue weighted by atomic mass is 16.2. The molecule has 1 aliphatic rings. The molecule has 6 aromatic rings. The highest BCUT2D eigenvalue weighted by Gasteiger charge is 2.46. The smallest absolute Gasteiger partial charge is 0.161 e. The Morgan fingerprint density at radius 2 is 0.724 bits per heavy atom. The molecule has 1 aliphatic carbocycles. The molecule has 4 nitrogen and oxygen atoms in total. The monoisotopic (exact) mass is 779 g/mol. The van der Waals surface area contributed by atoms with E-state index in [0.717, 1.165) is 47.4 Å². The summed E-state index contributed by atoms with van der Waals surface area (Å²) >= 11 is 0. The van der Waals surface area contributed by atoms with E-state index in [0.29, 0.717) is 0 Å². The fourth-order valence-corrected chi connectivity index (χ4v) is 9.99. The maximum Gasteiger partial charge on any atom is 0.161 e. The van der Waals surface area contributed by atoms with Crippen molar-refractivity contribution in [1.82, 2.24) is 9.13 Å². The summed E-state index contributed by atoms with van der Waals surface area (Å²) in [5.41, 5.74) is 2.42. The van der Waals surface area contributed by atoms with Crippen LogP contribution in [0.5, 0.6) is 0 Å². The highest BCUT2D eigenvalue weighted by Crippen LogP contribution is 2.32. The summed E-state index contributed by atoms with van der Waals surface area (Å²) in [7, 11) is 0. The third-order valence-corrected chi connectivity index (χ3v) is 13.3. The Morgan fingerprint density at radius 1 is 0.414 bits per heavy atom. The molecule has 7 rings (SSSR count). The number of hydrogen-bond acceptors (Lipinski definition) is 2. The summed E-state index contributed by atoms with van der Waals surface area (Å²) in [4.78, 5) is 28.3. The lowest BCUT2D eigenvalue weighted by Gasteiger charge is -2.27. The number of ketones is 2. The van der Waals surface area contributed by atoms with Crippen LogP contribution in [0.4, 0.5) is 0 Å². The number of hydrogen-bond donors (Lipinski definition) is 0. The van der Waals surface area contributed by atoms with Crippen LogP contribution < -0.4 is 10.7 Å². The van der Waals surface area contributed by atoms with Crippen molar-refractivity contribution in [2.24, 2.45) is 11.8 Å². The first kappa shape index (κ1) is 42.0. The van der Waals surface area contributed by atoms with Crippen LogP contribution in [-0.4, -0.2) is 20.7 Å². The number of Topliss-reactive ketones (excluding diaryl/α,β-unsaturated/α-hetero) is 2. The maximum atomic E-state index is 14.2. The molecule has 0 radical (unpaired) electrons. The summed E-state index contributed by atoms with van der Waals surface area (Å²) in [5, 5.41) is 9.28. The van der Waals surface area contributed by atoms with Crippen molar-refractivity contribution in [2.45, 2.75) is 168 Å². The van der Waals surface area contributed by atoms with Crippen LogP contribution in [-0.2, 0) is 22.7 Å². The first-order valence-electron chi connectivity index (χ1n) is 23.7. The number of aromatic nitrogens is 2. The van der Waals surface area contributed by atoms with Gasteiger partial charge in [0.25, 0.3) is 0 Å². The zero-order valence-electron chi connectivity index (χ0n) is 35.9. The minimum absolute atomic E-state index is 0.0283. The second-order valence-electron chi connectivity index (χ2n) is 17.6. The van der Waals surface area contributed by atoms with Gasteiger partial charge in [0, 0.05) is 56.4 Å². The summed E-state index contributed by atoms with van der Waals surface area (Å²) in [6, 6.07) is 26.0. The average Bonchev–Trinajstić information content (AvgIpc) is 3.72. The molecule has 4 aromatic carbocycles. The lowest BCUT2D eigenvalue weighted by Crippen LogP contribution is -2.47. The van der Waals surface area contributed by atoms with Gasteiger partial charge < -0.3 is 9.13 Å². The Kier molecular flexibility index (Phi) is 15.3. The molecule has 0 amide bonds. The maximum absolute atomic E-state index is 14.2. The van der Waals surface area contributed by atoms with Gasteiger partial charge in [-0.2, -0.15) is 0 Å². The average molecular weight is 779 g/mol. The first-order valence-corrected chi connectivity index (χ1v) is 23.7. The number of rotatable bonds is 26. The Hall–Kier alpha value is -4.18. The van der Waals surface area contributed by atoms with Crippen molar-refractivity contribution in [3.05, 3.63) is 83.5 Å².